The quantitative estimate of drug-likeness (QED) is 0.785. The van der Waals surface area contributed by atoms with Gasteiger partial charge in [0.1, 0.15) is 12.4 Å². The molecular weight excluding hydrogens is 282 g/mol. The smallest absolute Gasteiger partial charge is 0.244 e. The molecule has 1 aromatic carbocycles. The van der Waals surface area contributed by atoms with Crippen molar-refractivity contribution in [1.82, 2.24) is 5.32 Å². The first-order chi connectivity index (χ1) is 10.3. The van der Waals surface area contributed by atoms with Gasteiger partial charge in [-0.2, -0.15) is 11.8 Å². The van der Waals surface area contributed by atoms with Crippen LogP contribution in [0.25, 0.3) is 0 Å². The zero-order chi connectivity index (χ0) is 14.9. The van der Waals surface area contributed by atoms with Crippen LogP contribution in [0.4, 0.5) is 0 Å². The number of carbonyl (C=O) groups excluding carboxylic acids is 1. The van der Waals surface area contributed by atoms with Crippen molar-refractivity contribution < 1.29 is 9.53 Å². The monoisotopic (exact) mass is 305 g/mol. The number of para-hydroxylation sites is 1. The Hall–Kier alpha value is -1.42. The lowest BCUT2D eigenvalue weighted by molar-refractivity contribution is -0.117. The second-order valence-corrected chi connectivity index (χ2v) is 6.58. The number of hydrogen-bond donors (Lipinski definition) is 1. The molecule has 1 fully saturated rings. The highest BCUT2D eigenvalue weighted by molar-refractivity contribution is 7.99. The van der Waals surface area contributed by atoms with Crippen molar-refractivity contribution in [1.29, 1.82) is 0 Å². The number of hydrogen-bond acceptors (Lipinski definition) is 3. The second-order valence-electron chi connectivity index (χ2n) is 5.07. The summed E-state index contributed by atoms with van der Waals surface area (Å²) in [5.41, 5.74) is 0. The first-order valence-corrected chi connectivity index (χ1v) is 8.61. The van der Waals surface area contributed by atoms with Crippen molar-refractivity contribution >= 4 is 17.7 Å². The number of amides is 1. The van der Waals surface area contributed by atoms with Gasteiger partial charge in [-0.25, -0.2) is 0 Å². The Bertz CT molecular complexity index is 461. The molecule has 0 saturated heterocycles. The molecule has 0 aliphatic heterocycles. The molecule has 0 aromatic heterocycles. The number of nitrogens with one attached hydrogen (secondary N) is 1. The summed E-state index contributed by atoms with van der Waals surface area (Å²) in [7, 11) is 0. The average molecular weight is 305 g/mol. The van der Waals surface area contributed by atoms with E-state index in [1.165, 1.54) is 12.8 Å². The molecule has 2 rings (SSSR count). The number of ether oxygens (including phenoxy) is 1. The summed E-state index contributed by atoms with van der Waals surface area (Å²) < 4.78 is 5.52. The molecule has 3 nitrogen and oxygen atoms in total. The summed E-state index contributed by atoms with van der Waals surface area (Å²) in [6.07, 6.45) is 6.86. The summed E-state index contributed by atoms with van der Waals surface area (Å²) in [5, 5.41) is 3.69. The van der Waals surface area contributed by atoms with Crippen LogP contribution in [0.2, 0.25) is 0 Å². The molecule has 1 aromatic rings. The molecule has 21 heavy (non-hydrogen) atoms. The third-order valence-electron chi connectivity index (χ3n) is 3.52. The maximum absolute atomic E-state index is 11.9. The van der Waals surface area contributed by atoms with Gasteiger partial charge in [0.15, 0.2) is 0 Å². The Morgan fingerprint density at radius 2 is 2.19 bits per heavy atom. The van der Waals surface area contributed by atoms with Crippen molar-refractivity contribution in [2.24, 2.45) is 0 Å². The molecule has 1 aliphatic rings. The summed E-state index contributed by atoms with van der Waals surface area (Å²) in [6.45, 7) is 2.58. The summed E-state index contributed by atoms with van der Waals surface area (Å²) in [5.74, 6) is 1.91. The minimum atomic E-state index is -0.0136. The summed E-state index contributed by atoms with van der Waals surface area (Å²) in [6, 6.07) is 9.93. The number of carbonyl (C=O) groups is 1. The van der Waals surface area contributed by atoms with E-state index in [0.29, 0.717) is 17.9 Å². The normalized spacial score (nSPS) is 21.6. The topological polar surface area (TPSA) is 38.3 Å². The Morgan fingerprint density at radius 1 is 1.38 bits per heavy atom. The van der Waals surface area contributed by atoms with E-state index in [-0.39, 0.29) is 5.91 Å². The van der Waals surface area contributed by atoms with E-state index in [2.05, 4.69) is 12.2 Å². The molecule has 1 saturated carbocycles. The van der Waals surface area contributed by atoms with Crippen molar-refractivity contribution in [3.63, 3.8) is 0 Å². The van der Waals surface area contributed by atoms with E-state index in [1.807, 2.05) is 42.1 Å². The first kappa shape index (κ1) is 16.0. The number of benzene rings is 1. The van der Waals surface area contributed by atoms with E-state index >= 15 is 0 Å². The Labute approximate surface area is 131 Å². The van der Waals surface area contributed by atoms with E-state index in [4.69, 9.17) is 4.74 Å². The predicted molar refractivity (Wildman–Crippen MR) is 88.8 cm³/mol. The Morgan fingerprint density at radius 3 is 2.95 bits per heavy atom. The van der Waals surface area contributed by atoms with Gasteiger partial charge in [-0.15, -0.1) is 0 Å². The Balaban J connectivity index is 1.70. The minimum absolute atomic E-state index is 0.0136. The van der Waals surface area contributed by atoms with E-state index in [1.54, 1.807) is 12.2 Å². The molecule has 2 atom stereocenters. The molecule has 1 aliphatic carbocycles. The van der Waals surface area contributed by atoms with Crippen LogP contribution in [0.3, 0.4) is 0 Å². The largest absolute Gasteiger partial charge is 0.490 e. The molecule has 0 radical (unpaired) electrons. The van der Waals surface area contributed by atoms with Gasteiger partial charge in [0.25, 0.3) is 0 Å². The SMILES string of the molecule is CCSC1CCCC1NC(=O)C=CCOc1ccccc1. The third kappa shape index (κ3) is 5.46. The minimum Gasteiger partial charge on any atom is -0.490 e. The average Bonchev–Trinajstić information content (AvgIpc) is 2.92. The van der Waals surface area contributed by atoms with Gasteiger partial charge in [0, 0.05) is 17.4 Å². The maximum atomic E-state index is 11.9. The van der Waals surface area contributed by atoms with Crippen LogP contribution < -0.4 is 10.1 Å². The Kier molecular flexibility index (Phi) is 6.67. The fraction of sp³-hybridized carbons (Fsp3) is 0.471. The van der Waals surface area contributed by atoms with Crippen molar-refractivity contribution in [3.05, 3.63) is 42.5 Å². The summed E-state index contributed by atoms with van der Waals surface area (Å²) >= 11 is 1.95. The van der Waals surface area contributed by atoms with Crippen LogP contribution in [0.5, 0.6) is 5.75 Å². The van der Waals surface area contributed by atoms with E-state index in [9.17, 15) is 4.79 Å². The third-order valence-corrected chi connectivity index (χ3v) is 4.85. The standard InChI is InChI=1S/C17H23NO2S/c1-2-21-16-11-6-10-15(16)18-17(19)12-7-13-20-14-8-4-3-5-9-14/h3-5,7-9,12,15-16H,2,6,10-11,13H2,1H3,(H,18,19). The van der Waals surface area contributed by atoms with Gasteiger partial charge in [-0.05, 0) is 36.8 Å². The zero-order valence-corrected chi connectivity index (χ0v) is 13.3. The molecule has 4 heteroatoms. The van der Waals surface area contributed by atoms with Gasteiger partial charge in [-0.1, -0.05) is 31.5 Å². The first-order valence-electron chi connectivity index (χ1n) is 7.56. The lowest BCUT2D eigenvalue weighted by Gasteiger charge is -2.19. The highest BCUT2D eigenvalue weighted by atomic mass is 32.2. The molecule has 2 unspecified atom stereocenters. The lowest BCUT2D eigenvalue weighted by Crippen LogP contribution is -2.37. The molecule has 1 amide bonds. The number of rotatable bonds is 7. The zero-order valence-electron chi connectivity index (χ0n) is 12.5. The van der Waals surface area contributed by atoms with Crippen LogP contribution in [-0.2, 0) is 4.79 Å². The van der Waals surface area contributed by atoms with Gasteiger partial charge >= 0.3 is 0 Å². The fourth-order valence-corrected chi connectivity index (χ4v) is 3.75. The molecular formula is C17H23NO2S. The van der Waals surface area contributed by atoms with Crippen LogP contribution in [0.1, 0.15) is 26.2 Å². The van der Waals surface area contributed by atoms with Crippen LogP contribution in [0, 0.1) is 0 Å². The van der Waals surface area contributed by atoms with Gasteiger partial charge < -0.3 is 10.1 Å². The maximum Gasteiger partial charge on any atom is 0.244 e. The van der Waals surface area contributed by atoms with Crippen LogP contribution >= 0.6 is 11.8 Å². The molecule has 114 valence electrons. The lowest BCUT2D eigenvalue weighted by atomic mass is 10.2. The van der Waals surface area contributed by atoms with Gasteiger partial charge in [0.2, 0.25) is 5.91 Å². The van der Waals surface area contributed by atoms with Crippen LogP contribution in [0.15, 0.2) is 42.5 Å². The highest BCUT2D eigenvalue weighted by Crippen LogP contribution is 2.29. The second kappa shape index (κ2) is 8.78. The molecule has 0 heterocycles. The summed E-state index contributed by atoms with van der Waals surface area (Å²) in [4.78, 5) is 11.9. The molecule has 1 N–H and O–H groups in total. The van der Waals surface area contributed by atoms with Crippen molar-refractivity contribution in [3.8, 4) is 5.75 Å². The van der Waals surface area contributed by atoms with E-state index < -0.39 is 0 Å². The van der Waals surface area contributed by atoms with Gasteiger partial charge in [-0.3, -0.25) is 4.79 Å². The highest BCUT2D eigenvalue weighted by Gasteiger charge is 2.27. The molecule has 0 spiro atoms. The fourth-order valence-electron chi connectivity index (χ4n) is 2.55. The number of thioether (sulfide) groups is 1. The van der Waals surface area contributed by atoms with Crippen molar-refractivity contribution in [2.75, 3.05) is 12.4 Å². The molecule has 0 bridgehead atoms. The van der Waals surface area contributed by atoms with Crippen LogP contribution in [-0.4, -0.2) is 29.6 Å². The van der Waals surface area contributed by atoms with Gasteiger partial charge in [0.05, 0.1) is 0 Å². The van der Waals surface area contributed by atoms with Crippen molar-refractivity contribution in [2.45, 2.75) is 37.5 Å². The van der Waals surface area contributed by atoms with E-state index in [0.717, 1.165) is 17.9 Å². The predicted octanol–water partition coefficient (Wildman–Crippen LogP) is 3.41.